The molecule has 72 valence electrons. The van der Waals surface area contributed by atoms with Crippen LogP contribution in [-0.2, 0) is 0 Å². The van der Waals surface area contributed by atoms with Crippen molar-refractivity contribution in [2.75, 3.05) is 6.54 Å². The highest BCUT2D eigenvalue weighted by Crippen LogP contribution is 1.95. The van der Waals surface area contributed by atoms with E-state index in [0.717, 1.165) is 6.42 Å². The number of carbonyl (C=O) groups excluding carboxylic acids is 1. The van der Waals surface area contributed by atoms with Crippen LogP contribution >= 0.6 is 0 Å². The molecule has 0 aliphatic rings. The maximum atomic E-state index is 11.2. The highest BCUT2D eigenvalue weighted by Gasteiger charge is 2.09. The number of nitrogens with zero attached hydrogens (tertiary/aromatic N) is 1. The van der Waals surface area contributed by atoms with Crippen molar-refractivity contribution in [1.29, 1.82) is 0 Å². The SMILES string of the molecule is CCC(N)CNC(=O)c1ccno1. The molecule has 0 saturated carbocycles. The van der Waals surface area contributed by atoms with Gasteiger partial charge in [0.25, 0.3) is 5.91 Å². The zero-order valence-electron chi connectivity index (χ0n) is 7.49. The molecule has 1 rings (SSSR count). The van der Waals surface area contributed by atoms with Gasteiger partial charge in [0.2, 0.25) is 5.76 Å². The number of hydrogen-bond acceptors (Lipinski definition) is 4. The molecule has 13 heavy (non-hydrogen) atoms. The molecule has 1 heterocycles. The minimum atomic E-state index is -0.276. The first-order valence-corrected chi connectivity index (χ1v) is 4.18. The monoisotopic (exact) mass is 183 g/mol. The molecule has 0 bridgehead atoms. The second kappa shape index (κ2) is 4.61. The lowest BCUT2D eigenvalue weighted by molar-refractivity contribution is 0.0914. The summed E-state index contributed by atoms with van der Waals surface area (Å²) in [5.41, 5.74) is 5.61. The number of carbonyl (C=O) groups is 1. The third kappa shape index (κ3) is 2.87. The summed E-state index contributed by atoms with van der Waals surface area (Å²) in [6, 6.07) is 1.50. The molecule has 3 N–H and O–H groups in total. The molecule has 0 aliphatic heterocycles. The fraction of sp³-hybridized carbons (Fsp3) is 0.500. The van der Waals surface area contributed by atoms with E-state index in [1.54, 1.807) is 0 Å². The molecule has 0 aliphatic carbocycles. The average Bonchev–Trinajstić information content (AvgIpc) is 2.66. The minimum Gasteiger partial charge on any atom is -0.351 e. The molecule has 0 aromatic carbocycles. The molecule has 5 heteroatoms. The van der Waals surface area contributed by atoms with E-state index in [1.165, 1.54) is 12.3 Å². The van der Waals surface area contributed by atoms with E-state index >= 15 is 0 Å². The lowest BCUT2D eigenvalue weighted by Crippen LogP contribution is -2.36. The van der Waals surface area contributed by atoms with Crippen LogP contribution in [0.3, 0.4) is 0 Å². The van der Waals surface area contributed by atoms with Gasteiger partial charge in [-0.1, -0.05) is 12.1 Å². The fourth-order valence-electron chi connectivity index (χ4n) is 0.788. The van der Waals surface area contributed by atoms with Crippen LogP contribution in [0.2, 0.25) is 0 Å². The third-order valence-corrected chi connectivity index (χ3v) is 1.71. The normalized spacial score (nSPS) is 12.5. The van der Waals surface area contributed by atoms with Gasteiger partial charge in [-0.25, -0.2) is 0 Å². The van der Waals surface area contributed by atoms with Gasteiger partial charge in [0, 0.05) is 18.7 Å². The first kappa shape index (κ1) is 9.73. The summed E-state index contributed by atoms with van der Waals surface area (Å²) in [5.74, 6) is -0.0651. The Kier molecular flexibility index (Phi) is 3.45. The van der Waals surface area contributed by atoms with Crippen LogP contribution in [0.25, 0.3) is 0 Å². The van der Waals surface area contributed by atoms with Crippen LogP contribution in [0, 0.1) is 0 Å². The van der Waals surface area contributed by atoms with Gasteiger partial charge in [-0.05, 0) is 6.42 Å². The first-order chi connectivity index (χ1) is 6.24. The van der Waals surface area contributed by atoms with Gasteiger partial charge in [-0.3, -0.25) is 4.79 Å². The maximum absolute atomic E-state index is 11.2. The van der Waals surface area contributed by atoms with Crippen molar-refractivity contribution in [3.05, 3.63) is 18.0 Å². The van der Waals surface area contributed by atoms with Crippen molar-refractivity contribution in [2.24, 2.45) is 5.73 Å². The van der Waals surface area contributed by atoms with Crippen molar-refractivity contribution in [3.63, 3.8) is 0 Å². The van der Waals surface area contributed by atoms with E-state index in [0.29, 0.717) is 6.54 Å². The summed E-state index contributed by atoms with van der Waals surface area (Å²) in [7, 11) is 0. The smallest absolute Gasteiger partial charge is 0.289 e. The Morgan fingerprint density at radius 3 is 3.15 bits per heavy atom. The molecular formula is C8H13N3O2. The highest BCUT2D eigenvalue weighted by atomic mass is 16.5. The highest BCUT2D eigenvalue weighted by molar-refractivity contribution is 5.91. The quantitative estimate of drug-likeness (QED) is 0.695. The van der Waals surface area contributed by atoms with Gasteiger partial charge in [0.05, 0.1) is 6.20 Å². The molecule has 5 nitrogen and oxygen atoms in total. The summed E-state index contributed by atoms with van der Waals surface area (Å²) in [5, 5.41) is 6.06. The van der Waals surface area contributed by atoms with Crippen LogP contribution in [0.1, 0.15) is 23.9 Å². The number of rotatable bonds is 4. The Labute approximate surface area is 76.3 Å². The first-order valence-electron chi connectivity index (χ1n) is 4.18. The number of nitrogens with one attached hydrogen (secondary N) is 1. The zero-order chi connectivity index (χ0) is 9.68. The number of hydrogen-bond donors (Lipinski definition) is 2. The maximum Gasteiger partial charge on any atom is 0.289 e. The van der Waals surface area contributed by atoms with Gasteiger partial charge in [-0.2, -0.15) is 0 Å². The predicted octanol–water partition coefficient (Wildman–Crippen LogP) is 0.142. The van der Waals surface area contributed by atoms with Gasteiger partial charge >= 0.3 is 0 Å². The molecule has 1 amide bonds. The Balaban J connectivity index is 2.35. The van der Waals surface area contributed by atoms with Crippen molar-refractivity contribution in [3.8, 4) is 0 Å². The van der Waals surface area contributed by atoms with Crippen LogP contribution in [0.4, 0.5) is 0 Å². The molecule has 0 saturated heterocycles. The third-order valence-electron chi connectivity index (χ3n) is 1.71. The van der Waals surface area contributed by atoms with E-state index in [9.17, 15) is 4.79 Å². The topological polar surface area (TPSA) is 81.1 Å². The minimum absolute atomic E-state index is 0.00753. The predicted molar refractivity (Wildman–Crippen MR) is 47.1 cm³/mol. The number of aromatic nitrogens is 1. The molecule has 1 aromatic rings. The average molecular weight is 183 g/mol. The van der Waals surface area contributed by atoms with E-state index in [2.05, 4.69) is 15.0 Å². The van der Waals surface area contributed by atoms with E-state index in [-0.39, 0.29) is 17.7 Å². The lowest BCUT2D eigenvalue weighted by atomic mass is 10.2. The summed E-state index contributed by atoms with van der Waals surface area (Å²) >= 11 is 0. The van der Waals surface area contributed by atoms with E-state index in [1.807, 2.05) is 6.92 Å². The fourth-order valence-corrected chi connectivity index (χ4v) is 0.788. The lowest BCUT2D eigenvalue weighted by Gasteiger charge is -2.08. The Bertz CT molecular complexity index is 258. The molecule has 0 fully saturated rings. The Hall–Kier alpha value is -1.36. The number of nitrogens with two attached hydrogens (primary N) is 1. The molecule has 0 radical (unpaired) electrons. The summed E-state index contributed by atoms with van der Waals surface area (Å²) in [6.45, 7) is 2.42. The largest absolute Gasteiger partial charge is 0.351 e. The van der Waals surface area contributed by atoms with Gasteiger partial charge < -0.3 is 15.6 Å². The van der Waals surface area contributed by atoms with Crippen LogP contribution < -0.4 is 11.1 Å². The van der Waals surface area contributed by atoms with E-state index < -0.39 is 0 Å². The number of amides is 1. The molecule has 1 aromatic heterocycles. The van der Waals surface area contributed by atoms with Crippen molar-refractivity contribution in [2.45, 2.75) is 19.4 Å². The molecule has 0 spiro atoms. The second-order valence-corrected chi connectivity index (χ2v) is 2.76. The Morgan fingerprint density at radius 1 is 1.85 bits per heavy atom. The summed E-state index contributed by atoms with van der Waals surface area (Å²) in [6.07, 6.45) is 2.26. The standard InChI is InChI=1S/C8H13N3O2/c1-2-6(9)5-10-8(12)7-3-4-11-13-7/h3-4,6H,2,5,9H2,1H3,(H,10,12). The van der Waals surface area contributed by atoms with Crippen molar-refractivity contribution < 1.29 is 9.32 Å². The Morgan fingerprint density at radius 2 is 2.62 bits per heavy atom. The molecular weight excluding hydrogens is 170 g/mol. The molecule has 1 unspecified atom stereocenters. The zero-order valence-corrected chi connectivity index (χ0v) is 7.49. The summed E-state index contributed by atoms with van der Waals surface area (Å²) in [4.78, 5) is 11.2. The van der Waals surface area contributed by atoms with Gasteiger partial charge in [0.1, 0.15) is 0 Å². The van der Waals surface area contributed by atoms with Crippen LogP contribution in [0.15, 0.2) is 16.8 Å². The van der Waals surface area contributed by atoms with Crippen LogP contribution in [-0.4, -0.2) is 23.7 Å². The van der Waals surface area contributed by atoms with E-state index in [4.69, 9.17) is 5.73 Å². The van der Waals surface area contributed by atoms with Crippen molar-refractivity contribution >= 4 is 5.91 Å². The molecule has 1 atom stereocenters. The van der Waals surface area contributed by atoms with Gasteiger partial charge in [-0.15, -0.1) is 0 Å². The second-order valence-electron chi connectivity index (χ2n) is 2.76. The summed E-state index contributed by atoms with van der Waals surface area (Å²) < 4.78 is 4.66. The van der Waals surface area contributed by atoms with Crippen LogP contribution in [0.5, 0.6) is 0 Å². The van der Waals surface area contributed by atoms with Crippen molar-refractivity contribution in [1.82, 2.24) is 10.5 Å². The van der Waals surface area contributed by atoms with Gasteiger partial charge in [0.15, 0.2) is 0 Å².